The average molecular weight is 163 g/mol. The molecule has 0 aliphatic carbocycles. The third-order valence-electron chi connectivity index (χ3n) is 1.02. The smallest absolute Gasteiger partial charge is 0.160 e. The van der Waals surface area contributed by atoms with Crippen molar-refractivity contribution in [3.05, 3.63) is 0 Å². The highest BCUT2D eigenvalue weighted by Crippen LogP contribution is 1.91. The molecule has 0 fully saturated rings. The summed E-state index contributed by atoms with van der Waals surface area (Å²) in [6.45, 7) is 5.10. The van der Waals surface area contributed by atoms with Gasteiger partial charge in [0, 0.05) is 6.54 Å². The van der Waals surface area contributed by atoms with Crippen molar-refractivity contribution < 1.29 is 15.0 Å². The predicted octanol–water partition coefficient (Wildman–Crippen LogP) is -0.718. The summed E-state index contributed by atoms with van der Waals surface area (Å²) < 4.78 is 0. The van der Waals surface area contributed by atoms with Crippen molar-refractivity contribution in [2.75, 3.05) is 6.54 Å². The van der Waals surface area contributed by atoms with Gasteiger partial charge in [-0.1, -0.05) is 13.8 Å². The second-order valence-corrected chi connectivity index (χ2v) is 1.86. The van der Waals surface area contributed by atoms with Crippen molar-refractivity contribution in [1.82, 2.24) is 0 Å². The molecule has 4 N–H and O–H groups in total. The zero-order valence-electron chi connectivity index (χ0n) is 7.24. The first-order valence-corrected chi connectivity index (χ1v) is 3.66. The van der Waals surface area contributed by atoms with Crippen molar-refractivity contribution in [2.45, 2.75) is 33.0 Å². The first kappa shape index (κ1) is 13.2. The Balaban J connectivity index is 0. The molecule has 0 aliphatic rings. The van der Waals surface area contributed by atoms with Crippen LogP contribution in [0.4, 0.5) is 0 Å². The van der Waals surface area contributed by atoms with E-state index in [-0.39, 0.29) is 6.54 Å². The molecule has 0 radical (unpaired) electrons. The molecule has 0 heterocycles. The van der Waals surface area contributed by atoms with Crippen LogP contribution in [0.1, 0.15) is 20.8 Å². The lowest BCUT2D eigenvalue weighted by atomic mass is 10.1. The minimum atomic E-state index is -1.32. The van der Waals surface area contributed by atoms with Gasteiger partial charge < -0.3 is 15.9 Å². The lowest BCUT2D eigenvalue weighted by Gasteiger charge is -2.11. The number of hydrogen-bond acceptors (Lipinski definition) is 4. The van der Waals surface area contributed by atoms with E-state index in [1.54, 1.807) is 0 Å². The third-order valence-corrected chi connectivity index (χ3v) is 1.02. The SMILES string of the molecule is CC.CC(=O)C(O)C(O)CN. The molecule has 0 aromatic rings. The first-order chi connectivity index (χ1) is 5.09. The van der Waals surface area contributed by atoms with Crippen LogP contribution in [0.3, 0.4) is 0 Å². The molecule has 4 heteroatoms. The lowest BCUT2D eigenvalue weighted by molar-refractivity contribution is -0.130. The van der Waals surface area contributed by atoms with Gasteiger partial charge in [0.25, 0.3) is 0 Å². The standard InChI is InChI=1S/C5H11NO3.C2H6/c1-3(7)5(9)4(8)2-6;1-2/h4-5,8-9H,2,6H2,1H3;1-2H3. The van der Waals surface area contributed by atoms with E-state index >= 15 is 0 Å². The van der Waals surface area contributed by atoms with E-state index in [2.05, 4.69) is 0 Å². The highest BCUT2D eigenvalue weighted by atomic mass is 16.3. The summed E-state index contributed by atoms with van der Waals surface area (Å²) in [7, 11) is 0. The molecule has 0 aromatic carbocycles. The van der Waals surface area contributed by atoms with Crippen LogP contribution in [-0.2, 0) is 4.79 Å². The van der Waals surface area contributed by atoms with Gasteiger partial charge in [-0.3, -0.25) is 4.79 Å². The lowest BCUT2D eigenvalue weighted by Crippen LogP contribution is -2.37. The second-order valence-electron chi connectivity index (χ2n) is 1.86. The van der Waals surface area contributed by atoms with Crippen molar-refractivity contribution in [3.63, 3.8) is 0 Å². The predicted molar refractivity (Wildman–Crippen MR) is 43.1 cm³/mol. The fourth-order valence-electron chi connectivity index (χ4n) is 0.400. The molecule has 0 saturated heterocycles. The quantitative estimate of drug-likeness (QED) is 0.513. The van der Waals surface area contributed by atoms with E-state index in [9.17, 15) is 4.79 Å². The highest BCUT2D eigenvalue weighted by molar-refractivity contribution is 5.80. The van der Waals surface area contributed by atoms with E-state index in [0.717, 1.165) is 0 Å². The van der Waals surface area contributed by atoms with Crippen molar-refractivity contribution in [1.29, 1.82) is 0 Å². The Hall–Kier alpha value is -0.450. The summed E-state index contributed by atoms with van der Waals surface area (Å²) >= 11 is 0. The summed E-state index contributed by atoms with van der Waals surface area (Å²) in [4.78, 5) is 10.3. The van der Waals surface area contributed by atoms with Crippen LogP contribution in [0.25, 0.3) is 0 Å². The number of carbonyl (C=O) groups is 1. The Morgan fingerprint density at radius 3 is 1.91 bits per heavy atom. The Labute approximate surface area is 67.0 Å². The van der Waals surface area contributed by atoms with Gasteiger partial charge in [-0.05, 0) is 6.92 Å². The molecule has 0 amide bonds. The monoisotopic (exact) mass is 163 g/mol. The van der Waals surface area contributed by atoms with Crippen LogP contribution < -0.4 is 5.73 Å². The van der Waals surface area contributed by atoms with E-state index in [0.29, 0.717) is 0 Å². The third kappa shape index (κ3) is 5.97. The molecule has 0 aromatic heterocycles. The molecule has 0 rings (SSSR count). The van der Waals surface area contributed by atoms with Gasteiger partial charge in [-0.2, -0.15) is 0 Å². The van der Waals surface area contributed by atoms with Gasteiger partial charge in [0.05, 0.1) is 6.10 Å². The van der Waals surface area contributed by atoms with Crippen molar-refractivity contribution in [2.24, 2.45) is 5.73 Å². The average Bonchev–Trinajstić information content (AvgIpc) is 2.05. The van der Waals surface area contributed by atoms with Crippen LogP contribution in [0, 0.1) is 0 Å². The molecular weight excluding hydrogens is 146 g/mol. The topological polar surface area (TPSA) is 83.5 Å². The summed E-state index contributed by atoms with van der Waals surface area (Å²) in [5.41, 5.74) is 4.95. The van der Waals surface area contributed by atoms with Crippen LogP contribution >= 0.6 is 0 Å². The minimum Gasteiger partial charge on any atom is -0.389 e. The van der Waals surface area contributed by atoms with Crippen molar-refractivity contribution >= 4 is 5.78 Å². The van der Waals surface area contributed by atoms with E-state index in [1.165, 1.54) is 6.92 Å². The first-order valence-electron chi connectivity index (χ1n) is 3.66. The molecule has 68 valence electrons. The Morgan fingerprint density at radius 2 is 1.82 bits per heavy atom. The molecule has 4 nitrogen and oxygen atoms in total. The van der Waals surface area contributed by atoms with Gasteiger partial charge in [0.2, 0.25) is 0 Å². The maximum Gasteiger partial charge on any atom is 0.160 e. The molecule has 0 spiro atoms. The van der Waals surface area contributed by atoms with E-state index < -0.39 is 18.0 Å². The fourth-order valence-corrected chi connectivity index (χ4v) is 0.400. The van der Waals surface area contributed by atoms with Crippen molar-refractivity contribution in [3.8, 4) is 0 Å². The number of ketones is 1. The van der Waals surface area contributed by atoms with Gasteiger partial charge >= 0.3 is 0 Å². The zero-order valence-corrected chi connectivity index (χ0v) is 7.24. The van der Waals surface area contributed by atoms with Gasteiger partial charge in [0.15, 0.2) is 5.78 Å². The largest absolute Gasteiger partial charge is 0.389 e. The summed E-state index contributed by atoms with van der Waals surface area (Å²) in [6.07, 6.45) is -2.45. The second kappa shape index (κ2) is 7.65. The van der Waals surface area contributed by atoms with E-state index in [1.807, 2.05) is 13.8 Å². The molecule has 0 saturated carbocycles. The van der Waals surface area contributed by atoms with Crippen LogP contribution in [0.15, 0.2) is 0 Å². The number of rotatable bonds is 3. The Kier molecular flexibility index (Phi) is 9.16. The fraction of sp³-hybridized carbons (Fsp3) is 0.857. The number of Topliss-reactive ketones (excluding diaryl/α,β-unsaturated/α-hetero) is 1. The molecule has 0 aliphatic heterocycles. The summed E-state index contributed by atoms with van der Waals surface area (Å²) in [5, 5.41) is 17.4. The number of carbonyl (C=O) groups excluding carboxylic acids is 1. The van der Waals surface area contributed by atoms with Gasteiger partial charge in [-0.25, -0.2) is 0 Å². The molecule has 11 heavy (non-hydrogen) atoms. The summed E-state index contributed by atoms with van der Waals surface area (Å²) in [5.74, 6) is -0.465. The molecular formula is C7H17NO3. The Morgan fingerprint density at radius 1 is 1.45 bits per heavy atom. The Bertz CT molecular complexity index is 106. The van der Waals surface area contributed by atoms with Gasteiger partial charge in [0.1, 0.15) is 6.10 Å². The minimum absolute atomic E-state index is 0.0965. The normalized spacial score (nSPS) is 14.4. The highest BCUT2D eigenvalue weighted by Gasteiger charge is 2.18. The number of aliphatic hydroxyl groups is 2. The maximum atomic E-state index is 10.3. The van der Waals surface area contributed by atoms with Gasteiger partial charge in [-0.15, -0.1) is 0 Å². The van der Waals surface area contributed by atoms with Crippen LogP contribution in [0.2, 0.25) is 0 Å². The van der Waals surface area contributed by atoms with Crippen LogP contribution in [-0.4, -0.2) is 34.7 Å². The number of aliphatic hydroxyl groups excluding tert-OH is 2. The summed E-state index contributed by atoms with van der Waals surface area (Å²) in [6, 6.07) is 0. The number of nitrogens with two attached hydrogens (primary N) is 1. The zero-order chi connectivity index (χ0) is 9.44. The number of hydrogen-bond donors (Lipinski definition) is 3. The van der Waals surface area contributed by atoms with Crippen LogP contribution in [0.5, 0.6) is 0 Å². The molecule has 2 atom stereocenters. The van der Waals surface area contributed by atoms with E-state index in [4.69, 9.17) is 15.9 Å². The molecule has 2 unspecified atom stereocenters. The maximum absolute atomic E-state index is 10.3. The molecule has 0 bridgehead atoms.